The second-order valence-corrected chi connectivity index (χ2v) is 35.1. The number of carbonyl (C=O) groups excluding carboxylic acids is 9. The number of aromatic nitrogens is 4. The van der Waals surface area contributed by atoms with Gasteiger partial charge in [-0.3, -0.25) is 91.5 Å². The van der Waals surface area contributed by atoms with E-state index in [-0.39, 0.29) is 215 Å². The molecule has 9 amide bonds. The van der Waals surface area contributed by atoms with Crippen LogP contribution in [0.15, 0.2) is 84.9 Å². The van der Waals surface area contributed by atoms with Gasteiger partial charge >= 0.3 is 35.8 Å². The number of anilines is 2. The largest absolute Gasteiger partial charge is 0.481 e. The van der Waals surface area contributed by atoms with E-state index in [1.807, 2.05) is 48.5 Å². The number of aliphatic carboxylic acids is 6. The lowest BCUT2D eigenvalue weighted by Gasteiger charge is -2.33. The molecule has 3 aliphatic rings. The number of benzene rings is 4. The molecule has 17 N–H and O–H groups in total. The molecule has 0 radical (unpaired) electrons. The van der Waals surface area contributed by atoms with Gasteiger partial charge in [-0.05, 0) is 124 Å². The van der Waals surface area contributed by atoms with Gasteiger partial charge in [0, 0.05) is 174 Å². The summed E-state index contributed by atoms with van der Waals surface area (Å²) < 4.78 is 34.4. The van der Waals surface area contributed by atoms with Crippen molar-refractivity contribution in [2.24, 2.45) is 0 Å². The van der Waals surface area contributed by atoms with Crippen molar-refractivity contribution in [2.45, 2.75) is 146 Å². The molecule has 48 nitrogen and oxygen atoms in total. The maximum absolute atomic E-state index is 14.5. The molecule has 48 heteroatoms. The summed E-state index contributed by atoms with van der Waals surface area (Å²) >= 11 is 0. The van der Waals surface area contributed by atoms with Crippen molar-refractivity contribution in [1.82, 2.24) is 85.7 Å². The molecule has 0 saturated carbocycles. The predicted molar refractivity (Wildman–Crippen MR) is 509 cm³/mol. The third kappa shape index (κ3) is 39.8. The van der Waals surface area contributed by atoms with Crippen LogP contribution in [0, 0.1) is 0 Å². The Morgan fingerprint density at radius 3 is 1.18 bits per heavy atom. The van der Waals surface area contributed by atoms with E-state index in [0.717, 1.165) is 29.0 Å². The number of amides is 9. The van der Waals surface area contributed by atoms with E-state index in [4.69, 9.17) is 28.4 Å². The second kappa shape index (κ2) is 58.4. The normalized spacial score (nSPS) is 16.0. The summed E-state index contributed by atoms with van der Waals surface area (Å²) in [6.07, 6.45) is -2.66. The molecule has 6 aromatic rings. The molecule has 0 spiro atoms. The molecule has 5 heterocycles. The molecule has 4 unspecified atom stereocenters. The van der Waals surface area contributed by atoms with Crippen LogP contribution in [0.2, 0.25) is 0 Å². The maximum Gasteiger partial charge on any atom is 0.317 e. The zero-order valence-corrected chi connectivity index (χ0v) is 80.2. The molecule has 1 fully saturated rings. The van der Waals surface area contributed by atoms with Crippen LogP contribution in [-0.2, 0) is 117 Å². The predicted octanol–water partition coefficient (Wildman–Crippen LogP) is -0.173. The Kier molecular flexibility index (Phi) is 46.3. The van der Waals surface area contributed by atoms with Gasteiger partial charge in [-0.15, -0.1) is 0 Å². The van der Waals surface area contributed by atoms with Crippen molar-refractivity contribution in [3.05, 3.63) is 119 Å². The number of para-hydroxylation sites is 4. The lowest BCUT2D eigenvalue weighted by molar-refractivity contribution is -0.153. The first kappa shape index (κ1) is 113. The first-order chi connectivity index (χ1) is 68.0. The number of nitrogens with one attached hydrogen (secondary N) is 9. The van der Waals surface area contributed by atoms with Gasteiger partial charge in [0.15, 0.2) is 5.79 Å². The smallest absolute Gasteiger partial charge is 0.317 e. The van der Waals surface area contributed by atoms with Crippen molar-refractivity contribution in [2.75, 3.05) is 209 Å². The molecule has 0 aliphatic carbocycles. The zero-order chi connectivity index (χ0) is 103. The number of hydrogen-bond acceptors (Lipinski definition) is 31. The first-order valence-corrected chi connectivity index (χ1v) is 47.3. The number of rotatable bonds is 61. The SMILES string of the molecule is CN(Cc1nc2ccccc2[nH]1)C(=O)c1ccc2c(c1)CN(CCCOCCOCCOCCCNC(=O)CCC(NC(=O)[C@H](CCC(=O)O)NC(=O)C(CCC(C)(O)O)NC(=O)CN1CCN(CC(=O)O)CCN(CC(=O)O)CCN(CC(=O)O)CC1)C(=O)NCCCOCCOCCOCCCN1Cc3cc(C(=O)N(C)Cc4nc5ccccc5[nH]4)ccc3NC(CC(=O)O)C1=O)C(=O)C(CC(=O)O)N2. The quantitative estimate of drug-likeness (QED) is 0.0174. The van der Waals surface area contributed by atoms with Gasteiger partial charge in [0.05, 0.1) is 127 Å². The highest BCUT2D eigenvalue weighted by Crippen LogP contribution is 2.30. The summed E-state index contributed by atoms with van der Waals surface area (Å²) in [5, 5.41) is 98.4. The highest BCUT2D eigenvalue weighted by atomic mass is 16.6. The summed E-state index contributed by atoms with van der Waals surface area (Å²) in [4.78, 5) is 225. The van der Waals surface area contributed by atoms with E-state index in [1.165, 1.54) is 24.5 Å². The molecule has 778 valence electrons. The van der Waals surface area contributed by atoms with E-state index < -0.39 is 178 Å². The number of carbonyl (C=O) groups is 15. The molecule has 1 saturated heterocycles. The fraction of sp³-hybridized carbons (Fsp3) is 0.564. The minimum atomic E-state index is -2.42. The Labute approximate surface area is 819 Å². The highest BCUT2D eigenvalue weighted by Gasteiger charge is 2.37. The number of nitrogens with zero attached hydrogens (tertiary/aromatic N) is 10. The van der Waals surface area contributed by atoms with Crippen LogP contribution in [-0.4, -0.2) is 423 Å². The zero-order valence-electron chi connectivity index (χ0n) is 80.2. The van der Waals surface area contributed by atoms with Crippen molar-refractivity contribution in [3.63, 3.8) is 0 Å². The first-order valence-electron chi connectivity index (χ1n) is 47.3. The Balaban J connectivity index is 0.731. The average Bonchev–Trinajstić information content (AvgIpc) is 1.64. The lowest BCUT2D eigenvalue weighted by atomic mass is 10.0. The molecule has 0 bridgehead atoms. The van der Waals surface area contributed by atoms with Gasteiger partial charge in [0.2, 0.25) is 41.4 Å². The standard InChI is InChI=1S/C94H133N19O29/c1-94(135,136)25-24-74(103-80(115)58-108-30-32-109(59-84(122)123)34-36-111(61-86(126)127)37-35-110(33-31-108)60-85(124)125)89(130)105-73(21-23-81(116)117)88(129)104-72(87(128)96-27-9-39-138-43-47-142-49-45-140-41-11-29-113-55-65-51-63(17-19-67(65)98-76(93(113)134)53-83(120)121)91(132)107(3)57-78-101-70-14-6-7-15-71(70)102-78)20-22-79(114)95-26-8-38-137-42-46-141-48-44-139-40-10-28-112-54-64-50-62(16-18-66(64)97-75(92(112)133)52-82(118)119)90(131)106(2)56-77-99-68-12-4-5-13-69(68)100-77/h4-7,12-19,50-51,72-76,97-98,135-136H,8-11,20-49,52-61H2,1-3H3,(H,95,114)(H,96,128)(H,99,100)(H,101,102)(H,103,115)(H,104,129)(H,105,130)(H,116,117)(H,118,119)(H,120,121)(H,122,123)(H,124,125)(H,126,127)/t72?,73-,74?,75?,76?/m0/s1. The maximum atomic E-state index is 14.5. The summed E-state index contributed by atoms with van der Waals surface area (Å²) in [5.74, 6) is -14.3. The van der Waals surface area contributed by atoms with Gasteiger partial charge in [0.1, 0.15) is 41.9 Å². The van der Waals surface area contributed by atoms with Gasteiger partial charge in [0.25, 0.3) is 11.8 Å². The number of ether oxygens (including phenoxy) is 6. The van der Waals surface area contributed by atoms with E-state index in [2.05, 4.69) is 57.2 Å². The number of aromatic amines is 2. The van der Waals surface area contributed by atoms with Crippen molar-refractivity contribution in [1.29, 1.82) is 0 Å². The average molecular weight is 1990 g/mol. The molecule has 9 rings (SSSR count). The number of fused-ring (bicyclic) bond motifs is 4. The summed E-state index contributed by atoms with van der Waals surface area (Å²) in [6.45, 7) is 2.78. The molecule has 142 heavy (non-hydrogen) atoms. The van der Waals surface area contributed by atoms with Crippen molar-refractivity contribution >= 4 is 122 Å². The molecule has 4 aromatic carbocycles. The van der Waals surface area contributed by atoms with Crippen LogP contribution in [0.3, 0.4) is 0 Å². The van der Waals surface area contributed by atoms with Gasteiger partial charge in [-0.1, -0.05) is 24.3 Å². The molecular weight excluding hydrogens is 1860 g/mol. The minimum absolute atomic E-state index is 0.000495. The lowest BCUT2D eigenvalue weighted by Crippen LogP contribution is -2.57. The summed E-state index contributed by atoms with van der Waals surface area (Å²) in [7, 11) is 3.31. The highest BCUT2D eigenvalue weighted by molar-refractivity contribution is 5.98. The van der Waals surface area contributed by atoms with Crippen LogP contribution in [0.5, 0.6) is 0 Å². The summed E-state index contributed by atoms with van der Waals surface area (Å²) in [6, 6.07) is 17.9. The van der Waals surface area contributed by atoms with Crippen LogP contribution in [0.25, 0.3) is 22.1 Å². The number of hydrogen-bond donors (Lipinski definition) is 17. The molecule has 5 atom stereocenters. The minimum Gasteiger partial charge on any atom is -0.481 e. The molecular formula is C94H133N19O29. The molecule has 2 aromatic heterocycles. The number of imidazole rings is 2. The van der Waals surface area contributed by atoms with E-state index >= 15 is 0 Å². The number of H-pyrrole nitrogens is 2. The summed E-state index contributed by atoms with van der Waals surface area (Å²) in [5.41, 5.74) is 6.23. The fourth-order valence-electron chi connectivity index (χ4n) is 16.0. The Morgan fingerprint density at radius 2 is 0.796 bits per heavy atom. The van der Waals surface area contributed by atoms with Crippen molar-refractivity contribution < 1.29 is 141 Å². The van der Waals surface area contributed by atoms with Gasteiger partial charge in [-0.25, -0.2) is 9.97 Å². The topological polar surface area (TPSA) is 641 Å². The van der Waals surface area contributed by atoms with E-state index in [1.54, 1.807) is 65.2 Å². The van der Waals surface area contributed by atoms with Crippen LogP contribution < -0.4 is 37.2 Å². The monoisotopic (exact) mass is 1990 g/mol. The van der Waals surface area contributed by atoms with Gasteiger partial charge in [-0.2, -0.15) is 0 Å². The van der Waals surface area contributed by atoms with Crippen molar-refractivity contribution in [3.8, 4) is 0 Å². The van der Waals surface area contributed by atoms with Crippen LogP contribution >= 0.6 is 0 Å². The van der Waals surface area contributed by atoms with Crippen LogP contribution in [0.1, 0.15) is 127 Å². The molecule has 3 aliphatic heterocycles. The number of carboxylic acid groups (broad SMARTS) is 6. The Morgan fingerprint density at radius 1 is 0.430 bits per heavy atom. The van der Waals surface area contributed by atoms with Gasteiger partial charge < -0.3 is 136 Å². The number of aliphatic hydroxyl groups is 2. The Hall–Kier alpha value is -13.0. The second-order valence-electron chi connectivity index (χ2n) is 35.1. The Bertz CT molecular complexity index is 5110. The van der Waals surface area contributed by atoms with E-state index in [9.17, 15) is 113 Å². The fourth-order valence-corrected chi connectivity index (χ4v) is 16.0. The number of carboxylic acids is 6. The van der Waals surface area contributed by atoms with E-state index in [0.29, 0.717) is 64.5 Å². The van der Waals surface area contributed by atoms with Crippen LogP contribution in [0.4, 0.5) is 11.4 Å². The third-order valence-electron chi connectivity index (χ3n) is 23.4. The third-order valence-corrected chi connectivity index (χ3v) is 23.4.